The predicted molar refractivity (Wildman–Crippen MR) is 135 cm³/mol. The number of benzene rings is 2. The van der Waals surface area contributed by atoms with Crippen molar-refractivity contribution in [3.63, 3.8) is 0 Å². The monoisotopic (exact) mass is 459 g/mol. The number of aromatic nitrogens is 2. The summed E-state index contributed by atoms with van der Waals surface area (Å²) < 4.78 is 6.88. The molecule has 0 unspecified atom stereocenters. The molecule has 0 fully saturated rings. The van der Waals surface area contributed by atoms with Crippen LogP contribution in [-0.2, 0) is 6.54 Å². The fourth-order valence-corrected chi connectivity index (χ4v) is 4.62. The molecule has 2 aromatic heterocycles. The van der Waals surface area contributed by atoms with Crippen LogP contribution in [0.25, 0.3) is 10.2 Å². The van der Waals surface area contributed by atoms with Crippen molar-refractivity contribution in [1.82, 2.24) is 9.97 Å². The van der Waals surface area contributed by atoms with Crippen molar-refractivity contribution in [3.8, 4) is 5.75 Å². The number of rotatable bonds is 9. The third-order valence-electron chi connectivity index (χ3n) is 5.65. The van der Waals surface area contributed by atoms with E-state index in [9.17, 15) is 4.79 Å². The van der Waals surface area contributed by atoms with Gasteiger partial charge in [-0.05, 0) is 79.4 Å². The van der Waals surface area contributed by atoms with Crippen LogP contribution in [0.3, 0.4) is 0 Å². The van der Waals surface area contributed by atoms with Gasteiger partial charge in [0.1, 0.15) is 5.75 Å². The van der Waals surface area contributed by atoms with E-state index in [2.05, 4.69) is 37.9 Å². The van der Waals surface area contributed by atoms with Crippen molar-refractivity contribution >= 4 is 32.6 Å². The van der Waals surface area contributed by atoms with E-state index in [-0.39, 0.29) is 5.91 Å². The Bertz CT molecular complexity index is 1180. The van der Waals surface area contributed by atoms with Gasteiger partial charge in [-0.1, -0.05) is 37.2 Å². The van der Waals surface area contributed by atoms with Crippen LogP contribution < -0.4 is 9.64 Å². The number of unbranched alkanes of at least 4 members (excludes halogenated alkanes) is 2. The summed E-state index contributed by atoms with van der Waals surface area (Å²) in [5, 5.41) is 0.684. The van der Waals surface area contributed by atoms with Gasteiger partial charge in [-0.15, -0.1) is 0 Å². The van der Waals surface area contributed by atoms with Crippen molar-refractivity contribution in [2.24, 2.45) is 0 Å². The molecule has 0 aliphatic rings. The molecule has 0 spiro atoms. The second kappa shape index (κ2) is 10.6. The predicted octanol–water partition coefficient (Wildman–Crippen LogP) is 6.72. The molecule has 0 aliphatic heterocycles. The quantitative estimate of drug-likeness (QED) is 0.261. The van der Waals surface area contributed by atoms with Crippen molar-refractivity contribution < 1.29 is 9.53 Å². The van der Waals surface area contributed by atoms with Crippen molar-refractivity contribution in [1.29, 1.82) is 0 Å². The van der Waals surface area contributed by atoms with E-state index < -0.39 is 0 Å². The number of aryl methyl sites for hydroxylation is 2. The van der Waals surface area contributed by atoms with Gasteiger partial charge in [0, 0.05) is 18.0 Å². The Morgan fingerprint density at radius 3 is 2.58 bits per heavy atom. The van der Waals surface area contributed by atoms with Crippen LogP contribution in [0, 0.1) is 13.8 Å². The lowest BCUT2D eigenvalue weighted by atomic mass is 10.1. The van der Waals surface area contributed by atoms with E-state index in [0.717, 1.165) is 40.8 Å². The van der Waals surface area contributed by atoms with Gasteiger partial charge in [0.05, 0.1) is 23.4 Å². The lowest BCUT2D eigenvalue weighted by molar-refractivity contribution is 0.0985. The summed E-state index contributed by atoms with van der Waals surface area (Å²) in [5.41, 5.74) is 4.88. The first kappa shape index (κ1) is 22.9. The molecule has 5 nitrogen and oxygen atoms in total. The number of pyridine rings is 1. The van der Waals surface area contributed by atoms with Crippen LogP contribution in [-0.4, -0.2) is 22.5 Å². The van der Waals surface area contributed by atoms with Gasteiger partial charge in [0.15, 0.2) is 5.13 Å². The Kier molecular flexibility index (Phi) is 7.35. The average molecular weight is 460 g/mol. The zero-order chi connectivity index (χ0) is 23.2. The maximum atomic E-state index is 13.6. The van der Waals surface area contributed by atoms with Gasteiger partial charge in [0.25, 0.3) is 5.91 Å². The van der Waals surface area contributed by atoms with E-state index in [0.29, 0.717) is 23.8 Å². The lowest BCUT2D eigenvalue weighted by Gasteiger charge is -2.20. The van der Waals surface area contributed by atoms with E-state index >= 15 is 0 Å². The number of fused-ring (bicyclic) bond motifs is 1. The summed E-state index contributed by atoms with van der Waals surface area (Å²) >= 11 is 1.54. The Labute approximate surface area is 199 Å². The van der Waals surface area contributed by atoms with Gasteiger partial charge >= 0.3 is 0 Å². The topological polar surface area (TPSA) is 55.3 Å². The minimum Gasteiger partial charge on any atom is -0.494 e. The highest BCUT2D eigenvalue weighted by Crippen LogP contribution is 2.32. The minimum absolute atomic E-state index is 0.0936. The smallest absolute Gasteiger partial charge is 0.260 e. The normalized spacial score (nSPS) is 11.0. The maximum Gasteiger partial charge on any atom is 0.260 e. The summed E-state index contributed by atoms with van der Waals surface area (Å²) in [6.07, 6.45) is 6.87. The molecule has 170 valence electrons. The molecule has 0 saturated heterocycles. The summed E-state index contributed by atoms with van der Waals surface area (Å²) in [5.74, 6) is 0.691. The highest BCUT2D eigenvalue weighted by atomic mass is 32.1. The number of thiazole rings is 1. The van der Waals surface area contributed by atoms with Crippen LogP contribution >= 0.6 is 11.3 Å². The Morgan fingerprint density at radius 2 is 1.85 bits per heavy atom. The number of nitrogens with zero attached hydrogens (tertiary/aromatic N) is 3. The molecule has 0 radical (unpaired) electrons. The first-order chi connectivity index (χ1) is 16.0. The zero-order valence-electron chi connectivity index (χ0n) is 19.4. The third-order valence-corrected chi connectivity index (χ3v) is 6.69. The van der Waals surface area contributed by atoms with Crippen LogP contribution in [0.1, 0.15) is 53.2 Å². The molecular weight excluding hydrogens is 430 g/mol. The van der Waals surface area contributed by atoms with E-state index in [1.54, 1.807) is 17.3 Å². The van der Waals surface area contributed by atoms with Gasteiger partial charge in [-0.2, -0.15) is 0 Å². The van der Waals surface area contributed by atoms with Crippen LogP contribution in [0.5, 0.6) is 5.75 Å². The number of carbonyl (C=O) groups excluding carboxylic acids is 1. The third kappa shape index (κ3) is 5.57. The number of hydrogen-bond acceptors (Lipinski definition) is 5. The van der Waals surface area contributed by atoms with Gasteiger partial charge in [-0.3, -0.25) is 14.7 Å². The Balaban J connectivity index is 1.61. The molecule has 6 heteroatoms. The van der Waals surface area contributed by atoms with Crippen molar-refractivity contribution in [2.75, 3.05) is 11.5 Å². The standard InChI is InChI=1S/C27H29N3O2S/c1-4-5-6-14-32-23-11-9-22(10-12-23)26(31)30(18-21-8-7-13-28-17-21)27-29-24-15-19(2)20(3)16-25(24)33-27/h7-13,15-17H,4-6,14,18H2,1-3H3. The fourth-order valence-electron chi connectivity index (χ4n) is 3.58. The number of anilines is 1. The molecule has 0 N–H and O–H groups in total. The fraction of sp³-hybridized carbons (Fsp3) is 0.296. The molecule has 0 aliphatic carbocycles. The Morgan fingerprint density at radius 1 is 1.06 bits per heavy atom. The summed E-state index contributed by atoms with van der Waals surface area (Å²) in [4.78, 5) is 24.4. The molecule has 33 heavy (non-hydrogen) atoms. The van der Waals surface area contributed by atoms with Gasteiger partial charge < -0.3 is 4.74 Å². The molecule has 4 rings (SSSR count). The molecule has 0 saturated carbocycles. The van der Waals surface area contributed by atoms with Gasteiger partial charge in [0.2, 0.25) is 0 Å². The summed E-state index contributed by atoms with van der Waals surface area (Å²) in [6, 6.07) is 15.5. The summed E-state index contributed by atoms with van der Waals surface area (Å²) in [7, 11) is 0. The SMILES string of the molecule is CCCCCOc1ccc(C(=O)N(Cc2cccnc2)c2nc3cc(C)c(C)cc3s2)cc1. The number of ether oxygens (including phenoxy) is 1. The van der Waals surface area contributed by atoms with Crippen LogP contribution in [0.2, 0.25) is 0 Å². The molecular formula is C27H29N3O2S. The number of hydrogen-bond donors (Lipinski definition) is 0. The molecule has 2 heterocycles. The minimum atomic E-state index is -0.0936. The number of amides is 1. The molecule has 0 bridgehead atoms. The van der Waals surface area contributed by atoms with Gasteiger partial charge in [-0.25, -0.2) is 4.98 Å². The van der Waals surface area contributed by atoms with E-state index in [4.69, 9.17) is 9.72 Å². The molecule has 2 aromatic carbocycles. The maximum absolute atomic E-state index is 13.6. The highest BCUT2D eigenvalue weighted by molar-refractivity contribution is 7.22. The summed E-state index contributed by atoms with van der Waals surface area (Å²) in [6.45, 7) is 7.45. The van der Waals surface area contributed by atoms with E-state index in [1.165, 1.54) is 22.5 Å². The first-order valence-electron chi connectivity index (χ1n) is 11.4. The lowest BCUT2D eigenvalue weighted by Crippen LogP contribution is -2.30. The Hall–Kier alpha value is -3.25. The van der Waals surface area contributed by atoms with Crippen LogP contribution in [0.15, 0.2) is 60.9 Å². The second-order valence-electron chi connectivity index (χ2n) is 8.23. The second-order valence-corrected chi connectivity index (χ2v) is 9.24. The average Bonchev–Trinajstić information content (AvgIpc) is 3.23. The molecule has 1 amide bonds. The first-order valence-corrected chi connectivity index (χ1v) is 12.2. The van der Waals surface area contributed by atoms with Crippen molar-refractivity contribution in [2.45, 2.75) is 46.6 Å². The number of carbonyl (C=O) groups is 1. The van der Waals surface area contributed by atoms with Crippen molar-refractivity contribution in [3.05, 3.63) is 83.2 Å². The highest BCUT2D eigenvalue weighted by Gasteiger charge is 2.22. The van der Waals surface area contributed by atoms with E-state index in [1.807, 2.05) is 36.4 Å². The zero-order valence-corrected chi connectivity index (χ0v) is 20.2. The molecule has 4 aromatic rings. The molecule has 0 atom stereocenters. The van der Waals surface area contributed by atoms with Crippen LogP contribution in [0.4, 0.5) is 5.13 Å². The largest absolute Gasteiger partial charge is 0.494 e.